The van der Waals surface area contributed by atoms with Crippen LogP contribution in [-0.2, 0) is 9.53 Å². The van der Waals surface area contributed by atoms with E-state index < -0.39 is 0 Å². The van der Waals surface area contributed by atoms with Crippen LogP contribution in [0.1, 0.15) is 5.56 Å². The number of carbonyl (C=O) groups excluding carboxylic acids is 1. The van der Waals surface area contributed by atoms with Crippen LogP contribution in [0.2, 0.25) is 0 Å². The second kappa shape index (κ2) is 3.75. The number of fused-ring (bicyclic) bond motifs is 2. The fourth-order valence-electron chi connectivity index (χ4n) is 2.22. The van der Waals surface area contributed by atoms with Crippen LogP contribution in [-0.4, -0.2) is 25.2 Å². The summed E-state index contributed by atoms with van der Waals surface area (Å²) in [7, 11) is 0. The quantitative estimate of drug-likeness (QED) is 0.694. The lowest BCUT2D eigenvalue weighted by Gasteiger charge is -2.14. The number of nitriles is 1. The molecule has 86 valence electrons. The smallest absolute Gasteiger partial charge is 0.232 e. The maximum Gasteiger partial charge on any atom is 0.232 e. The summed E-state index contributed by atoms with van der Waals surface area (Å²) in [5, 5.41) is 15.0. The molecule has 0 radical (unpaired) electrons. The summed E-state index contributed by atoms with van der Waals surface area (Å²) >= 11 is 0. The van der Waals surface area contributed by atoms with Gasteiger partial charge in [0.1, 0.15) is 0 Å². The van der Waals surface area contributed by atoms with Gasteiger partial charge in [-0.1, -0.05) is 0 Å². The Balaban J connectivity index is 2.02. The summed E-state index contributed by atoms with van der Waals surface area (Å²) in [6, 6.07) is 7.27. The molecule has 17 heavy (non-hydrogen) atoms. The lowest BCUT2D eigenvalue weighted by molar-refractivity contribution is -0.119. The van der Waals surface area contributed by atoms with Crippen molar-refractivity contribution in [2.24, 2.45) is 5.92 Å². The Labute approximate surface area is 98.4 Å². The first-order chi connectivity index (χ1) is 8.28. The zero-order chi connectivity index (χ0) is 11.8. The average molecular weight is 229 g/mol. The molecule has 5 nitrogen and oxygen atoms in total. The van der Waals surface area contributed by atoms with Crippen molar-refractivity contribution >= 4 is 17.3 Å². The minimum Gasteiger partial charge on any atom is -0.378 e. The molecule has 1 fully saturated rings. The molecule has 5 heteroatoms. The van der Waals surface area contributed by atoms with E-state index in [1.54, 1.807) is 18.2 Å². The molecule has 2 N–H and O–H groups in total. The zero-order valence-electron chi connectivity index (χ0n) is 9.06. The molecule has 3 rings (SSSR count). The summed E-state index contributed by atoms with van der Waals surface area (Å²) in [5.41, 5.74) is 2.08. The summed E-state index contributed by atoms with van der Waals surface area (Å²) in [5.74, 6) is -0.184. The van der Waals surface area contributed by atoms with Crippen LogP contribution < -0.4 is 10.6 Å². The number of hydrogen-bond donors (Lipinski definition) is 2. The van der Waals surface area contributed by atoms with Crippen molar-refractivity contribution in [1.29, 1.82) is 5.26 Å². The average Bonchev–Trinajstić information content (AvgIpc) is 2.75. The molecule has 1 amide bonds. The fourth-order valence-corrected chi connectivity index (χ4v) is 2.22. The molecule has 2 heterocycles. The van der Waals surface area contributed by atoms with Gasteiger partial charge >= 0.3 is 0 Å². The predicted molar refractivity (Wildman–Crippen MR) is 61.5 cm³/mol. The van der Waals surface area contributed by atoms with Crippen LogP contribution >= 0.6 is 0 Å². The SMILES string of the molecule is N#Cc1ccc2c(c1)NC1COCC1C(=O)N2. The van der Waals surface area contributed by atoms with E-state index in [0.29, 0.717) is 18.8 Å². The highest BCUT2D eigenvalue weighted by molar-refractivity contribution is 5.98. The molecule has 2 unspecified atom stereocenters. The molecule has 0 saturated carbocycles. The van der Waals surface area contributed by atoms with Crippen molar-refractivity contribution in [3.05, 3.63) is 23.8 Å². The molecular weight excluding hydrogens is 218 g/mol. The van der Waals surface area contributed by atoms with Gasteiger partial charge in [-0.05, 0) is 18.2 Å². The summed E-state index contributed by atoms with van der Waals surface area (Å²) in [4.78, 5) is 11.9. The first-order valence-electron chi connectivity index (χ1n) is 5.47. The van der Waals surface area contributed by atoms with Gasteiger partial charge in [0.05, 0.1) is 48.2 Å². The van der Waals surface area contributed by atoms with Gasteiger partial charge in [-0.25, -0.2) is 0 Å². The van der Waals surface area contributed by atoms with Crippen molar-refractivity contribution < 1.29 is 9.53 Å². The molecule has 0 bridgehead atoms. The van der Waals surface area contributed by atoms with Crippen LogP contribution in [0, 0.1) is 17.2 Å². The predicted octanol–water partition coefficient (Wildman–Crippen LogP) is 0.937. The number of anilines is 2. The maximum atomic E-state index is 11.9. The Hall–Kier alpha value is -2.06. The Kier molecular flexibility index (Phi) is 2.23. The van der Waals surface area contributed by atoms with Gasteiger partial charge in [0.2, 0.25) is 5.91 Å². The molecule has 1 aromatic rings. The van der Waals surface area contributed by atoms with Gasteiger partial charge in [0.15, 0.2) is 0 Å². The van der Waals surface area contributed by atoms with E-state index in [-0.39, 0.29) is 17.9 Å². The third-order valence-electron chi connectivity index (χ3n) is 3.16. The summed E-state index contributed by atoms with van der Waals surface area (Å²) in [6.45, 7) is 0.969. The fraction of sp³-hybridized carbons (Fsp3) is 0.333. The van der Waals surface area contributed by atoms with Gasteiger partial charge in [-0.3, -0.25) is 4.79 Å². The topological polar surface area (TPSA) is 74.1 Å². The molecule has 0 aliphatic carbocycles. The number of benzene rings is 1. The van der Waals surface area contributed by atoms with Crippen molar-refractivity contribution in [2.75, 3.05) is 23.8 Å². The second-order valence-corrected chi connectivity index (χ2v) is 4.26. The van der Waals surface area contributed by atoms with Gasteiger partial charge in [-0.2, -0.15) is 5.26 Å². The number of amides is 1. The highest BCUT2D eigenvalue weighted by Crippen LogP contribution is 2.31. The third-order valence-corrected chi connectivity index (χ3v) is 3.16. The number of nitrogens with one attached hydrogen (secondary N) is 2. The number of hydrogen-bond acceptors (Lipinski definition) is 4. The Morgan fingerprint density at radius 3 is 3.06 bits per heavy atom. The number of rotatable bonds is 0. The van der Waals surface area contributed by atoms with Crippen LogP contribution in [0.15, 0.2) is 18.2 Å². The zero-order valence-corrected chi connectivity index (χ0v) is 9.06. The Morgan fingerprint density at radius 1 is 1.35 bits per heavy atom. The molecule has 1 saturated heterocycles. The monoisotopic (exact) mass is 229 g/mol. The third kappa shape index (κ3) is 1.63. The second-order valence-electron chi connectivity index (χ2n) is 4.26. The molecular formula is C12H11N3O2. The first-order valence-corrected chi connectivity index (χ1v) is 5.47. The van der Waals surface area contributed by atoms with Crippen molar-refractivity contribution in [3.63, 3.8) is 0 Å². The van der Waals surface area contributed by atoms with E-state index >= 15 is 0 Å². The molecule has 2 aliphatic rings. The van der Waals surface area contributed by atoms with Crippen molar-refractivity contribution in [3.8, 4) is 6.07 Å². The number of ether oxygens (including phenoxy) is 1. The lowest BCUT2D eigenvalue weighted by Crippen LogP contribution is -2.33. The van der Waals surface area contributed by atoms with Crippen LogP contribution in [0.5, 0.6) is 0 Å². The molecule has 2 atom stereocenters. The summed E-state index contributed by atoms with van der Waals surface area (Å²) < 4.78 is 5.30. The number of nitrogens with zero attached hydrogens (tertiary/aromatic N) is 1. The van der Waals surface area contributed by atoms with E-state index in [1.807, 2.05) is 0 Å². The van der Waals surface area contributed by atoms with E-state index in [0.717, 1.165) is 11.4 Å². The molecule has 0 aromatic heterocycles. The van der Waals surface area contributed by atoms with E-state index in [9.17, 15) is 4.79 Å². The van der Waals surface area contributed by atoms with E-state index in [1.165, 1.54) is 0 Å². The van der Waals surface area contributed by atoms with Gasteiger partial charge in [-0.15, -0.1) is 0 Å². The lowest BCUT2D eigenvalue weighted by atomic mass is 10.0. The van der Waals surface area contributed by atoms with Gasteiger partial charge in [0, 0.05) is 0 Å². The highest BCUT2D eigenvalue weighted by atomic mass is 16.5. The normalized spacial score (nSPS) is 25.9. The van der Waals surface area contributed by atoms with E-state index in [2.05, 4.69) is 16.7 Å². The Morgan fingerprint density at radius 2 is 2.24 bits per heavy atom. The van der Waals surface area contributed by atoms with Crippen LogP contribution in [0.4, 0.5) is 11.4 Å². The maximum absolute atomic E-state index is 11.9. The highest BCUT2D eigenvalue weighted by Gasteiger charge is 2.36. The number of carbonyl (C=O) groups is 1. The van der Waals surface area contributed by atoms with E-state index in [4.69, 9.17) is 10.00 Å². The van der Waals surface area contributed by atoms with Crippen LogP contribution in [0.3, 0.4) is 0 Å². The van der Waals surface area contributed by atoms with Crippen molar-refractivity contribution in [2.45, 2.75) is 6.04 Å². The summed E-state index contributed by atoms with van der Waals surface area (Å²) in [6.07, 6.45) is 0. The van der Waals surface area contributed by atoms with Gasteiger partial charge in [0.25, 0.3) is 0 Å². The minimum atomic E-state index is -0.159. The minimum absolute atomic E-state index is 0.00908. The molecule has 2 aliphatic heterocycles. The first kappa shape index (κ1) is 10.1. The Bertz CT molecular complexity index is 521. The molecule has 1 aromatic carbocycles. The van der Waals surface area contributed by atoms with Crippen molar-refractivity contribution in [1.82, 2.24) is 0 Å². The van der Waals surface area contributed by atoms with Gasteiger partial charge < -0.3 is 15.4 Å². The largest absolute Gasteiger partial charge is 0.378 e. The molecule has 0 spiro atoms. The van der Waals surface area contributed by atoms with Crippen LogP contribution in [0.25, 0.3) is 0 Å². The standard InChI is InChI=1S/C12H11N3O2/c13-4-7-1-2-9-10(3-7)14-11-6-17-5-8(11)12(16)15-9/h1-3,8,11,14H,5-6H2,(H,15,16).